The Morgan fingerprint density at radius 2 is 2.13 bits per heavy atom. The van der Waals surface area contributed by atoms with E-state index in [4.69, 9.17) is 9.47 Å². The van der Waals surface area contributed by atoms with Crippen LogP contribution in [0.4, 0.5) is 0 Å². The van der Waals surface area contributed by atoms with Gasteiger partial charge in [0.1, 0.15) is 0 Å². The second-order valence-electron chi connectivity index (χ2n) is 5.85. The van der Waals surface area contributed by atoms with Crippen LogP contribution in [0.1, 0.15) is 31.5 Å². The Balaban J connectivity index is 1.92. The number of methoxy groups -OCH3 is 1. The van der Waals surface area contributed by atoms with Gasteiger partial charge in [0.05, 0.1) is 19.4 Å². The largest absolute Gasteiger partial charge is 0.493 e. The molecule has 5 heteroatoms. The Hall–Kier alpha value is -2.01. The third-order valence-corrected chi connectivity index (χ3v) is 4.29. The molecule has 3 rings (SSSR count). The molecule has 0 bridgehead atoms. The zero-order valence-electron chi connectivity index (χ0n) is 14.2. The maximum Gasteiger partial charge on any atom is 0.161 e. The molecule has 0 saturated carbocycles. The lowest BCUT2D eigenvalue weighted by Gasteiger charge is -2.26. The van der Waals surface area contributed by atoms with Crippen LogP contribution >= 0.6 is 0 Å². The van der Waals surface area contributed by atoms with Crippen molar-refractivity contribution >= 4 is 0 Å². The van der Waals surface area contributed by atoms with Gasteiger partial charge in [0, 0.05) is 36.3 Å². The summed E-state index contributed by atoms with van der Waals surface area (Å²) in [7, 11) is 1.67. The van der Waals surface area contributed by atoms with Crippen LogP contribution in [0.2, 0.25) is 0 Å². The van der Waals surface area contributed by atoms with Crippen molar-refractivity contribution in [3.63, 3.8) is 0 Å². The van der Waals surface area contributed by atoms with E-state index in [0.717, 1.165) is 48.8 Å². The van der Waals surface area contributed by atoms with Crippen LogP contribution in [0.15, 0.2) is 18.2 Å². The maximum absolute atomic E-state index is 5.60. The van der Waals surface area contributed by atoms with Crippen LogP contribution in [-0.4, -0.2) is 41.9 Å². The Morgan fingerprint density at radius 3 is 2.87 bits per heavy atom. The highest BCUT2D eigenvalue weighted by molar-refractivity contribution is 5.68. The first-order valence-corrected chi connectivity index (χ1v) is 8.36. The van der Waals surface area contributed by atoms with Crippen LogP contribution in [0.5, 0.6) is 11.5 Å². The minimum atomic E-state index is 0.624. The average molecular weight is 315 g/mol. The third-order valence-electron chi connectivity index (χ3n) is 4.29. The minimum Gasteiger partial charge on any atom is -0.493 e. The second kappa shape index (κ2) is 7.04. The number of aromatic nitrogens is 2. The molecule has 0 spiro atoms. The molecular weight excluding hydrogens is 290 g/mol. The number of nitrogens with zero attached hydrogens (tertiary/aromatic N) is 2. The summed E-state index contributed by atoms with van der Waals surface area (Å²) >= 11 is 0. The first kappa shape index (κ1) is 15.9. The summed E-state index contributed by atoms with van der Waals surface area (Å²) in [5.74, 6) is 1.53. The molecule has 5 nitrogen and oxygen atoms in total. The molecular formula is C18H25N3O2. The van der Waals surface area contributed by atoms with Crippen LogP contribution in [0.3, 0.4) is 0 Å². The van der Waals surface area contributed by atoms with Crippen molar-refractivity contribution in [1.29, 1.82) is 0 Å². The third kappa shape index (κ3) is 3.20. The number of rotatable bonds is 6. The number of ether oxygens (including phenoxy) is 2. The first-order valence-electron chi connectivity index (χ1n) is 8.36. The van der Waals surface area contributed by atoms with E-state index in [1.54, 1.807) is 7.11 Å². The van der Waals surface area contributed by atoms with Crippen LogP contribution < -0.4 is 9.47 Å². The van der Waals surface area contributed by atoms with Crippen molar-refractivity contribution in [3.05, 3.63) is 29.5 Å². The van der Waals surface area contributed by atoms with E-state index in [0.29, 0.717) is 6.61 Å². The lowest BCUT2D eigenvalue weighted by Crippen LogP contribution is -2.31. The van der Waals surface area contributed by atoms with Crippen molar-refractivity contribution < 1.29 is 9.47 Å². The summed E-state index contributed by atoms with van der Waals surface area (Å²) < 4.78 is 11.1. The SMILES string of the molecule is CCCN1CCc2[nH]nc(-c3ccc(OCC)c(OC)c3)c2C1. The van der Waals surface area contributed by atoms with E-state index in [9.17, 15) is 0 Å². The van der Waals surface area contributed by atoms with Crippen LogP contribution in [0, 0.1) is 0 Å². The molecule has 23 heavy (non-hydrogen) atoms. The number of H-pyrrole nitrogens is 1. The van der Waals surface area contributed by atoms with Gasteiger partial charge >= 0.3 is 0 Å². The fourth-order valence-corrected chi connectivity index (χ4v) is 3.19. The van der Waals surface area contributed by atoms with Gasteiger partial charge in [-0.15, -0.1) is 0 Å². The van der Waals surface area contributed by atoms with Gasteiger partial charge in [-0.05, 0) is 38.1 Å². The van der Waals surface area contributed by atoms with E-state index < -0.39 is 0 Å². The lowest BCUT2D eigenvalue weighted by atomic mass is 10.0. The molecule has 0 unspecified atom stereocenters. The molecule has 1 aliphatic heterocycles. The monoisotopic (exact) mass is 315 g/mol. The summed E-state index contributed by atoms with van der Waals surface area (Å²) in [6.45, 7) is 8.03. The highest BCUT2D eigenvalue weighted by atomic mass is 16.5. The van der Waals surface area contributed by atoms with Crippen molar-refractivity contribution in [1.82, 2.24) is 15.1 Å². The van der Waals surface area contributed by atoms with Gasteiger partial charge in [-0.3, -0.25) is 10.00 Å². The topological polar surface area (TPSA) is 50.4 Å². The van der Waals surface area contributed by atoms with Crippen LogP contribution in [0.25, 0.3) is 11.3 Å². The molecule has 2 aromatic rings. The average Bonchev–Trinajstić information content (AvgIpc) is 2.99. The van der Waals surface area contributed by atoms with Gasteiger partial charge in [-0.25, -0.2) is 0 Å². The van der Waals surface area contributed by atoms with E-state index in [1.165, 1.54) is 17.7 Å². The fraction of sp³-hybridized carbons (Fsp3) is 0.500. The summed E-state index contributed by atoms with van der Waals surface area (Å²) in [6.07, 6.45) is 2.22. The fourth-order valence-electron chi connectivity index (χ4n) is 3.19. The predicted molar refractivity (Wildman–Crippen MR) is 91.0 cm³/mol. The molecule has 1 aliphatic rings. The number of nitrogens with one attached hydrogen (secondary N) is 1. The Labute approximate surface area is 137 Å². The molecule has 124 valence electrons. The molecule has 0 amide bonds. The zero-order valence-corrected chi connectivity index (χ0v) is 14.2. The van der Waals surface area contributed by atoms with E-state index >= 15 is 0 Å². The van der Waals surface area contributed by atoms with Crippen LogP contribution in [-0.2, 0) is 13.0 Å². The molecule has 1 aromatic heterocycles. The molecule has 0 aliphatic carbocycles. The number of fused-ring (bicyclic) bond motifs is 1. The first-order chi connectivity index (χ1) is 11.3. The van der Waals surface area contributed by atoms with Crippen molar-refractivity contribution in [2.75, 3.05) is 26.8 Å². The Kier molecular flexibility index (Phi) is 4.86. The predicted octanol–water partition coefficient (Wildman–Crippen LogP) is 3.25. The number of hydrogen-bond donors (Lipinski definition) is 1. The summed E-state index contributed by atoms with van der Waals surface area (Å²) in [5, 5.41) is 7.78. The number of hydrogen-bond acceptors (Lipinski definition) is 4. The normalized spacial score (nSPS) is 14.6. The number of aromatic amines is 1. The summed E-state index contributed by atoms with van der Waals surface area (Å²) in [4.78, 5) is 2.49. The second-order valence-corrected chi connectivity index (χ2v) is 5.85. The lowest BCUT2D eigenvalue weighted by molar-refractivity contribution is 0.254. The van der Waals surface area contributed by atoms with E-state index in [2.05, 4.69) is 28.1 Å². The van der Waals surface area contributed by atoms with Gasteiger partial charge in [0.25, 0.3) is 0 Å². The summed E-state index contributed by atoms with van der Waals surface area (Å²) in [5.41, 5.74) is 4.68. The maximum atomic E-state index is 5.60. The number of benzene rings is 1. The van der Waals surface area contributed by atoms with Crippen molar-refractivity contribution in [3.8, 4) is 22.8 Å². The molecule has 0 saturated heterocycles. The van der Waals surface area contributed by atoms with Gasteiger partial charge in [-0.2, -0.15) is 5.10 Å². The van der Waals surface area contributed by atoms with Gasteiger partial charge in [0.15, 0.2) is 11.5 Å². The quantitative estimate of drug-likeness (QED) is 0.889. The van der Waals surface area contributed by atoms with Crippen molar-refractivity contribution in [2.24, 2.45) is 0 Å². The molecule has 0 atom stereocenters. The molecule has 0 fully saturated rings. The minimum absolute atomic E-state index is 0.624. The van der Waals surface area contributed by atoms with Gasteiger partial charge in [0.2, 0.25) is 0 Å². The molecule has 2 heterocycles. The Bertz CT molecular complexity index is 666. The van der Waals surface area contributed by atoms with Gasteiger partial charge < -0.3 is 9.47 Å². The highest BCUT2D eigenvalue weighted by Gasteiger charge is 2.22. The highest BCUT2D eigenvalue weighted by Crippen LogP contribution is 2.35. The Morgan fingerprint density at radius 1 is 1.26 bits per heavy atom. The van der Waals surface area contributed by atoms with E-state index in [1.807, 2.05) is 19.1 Å². The van der Waals surface area contributed by atoms with Crippen molar-refractivity contribution in [2.45, 2.75) is 33.2 Å². The molecule has 0 radical (unpaired) electrons. The molecule has 1 aromatic carbocycles. The smallest absolute Gasteiger partial charge is 0.161 e. The van der Waals surface area contributed by atoms with E-state index in [-0.39, 0.29) is 0 Å². The zero-order chi connectivity index (χ0) is 16.2. The molecule has 1 N–H and O–H groups in total. The standard InChI is InChI=1S/C18H25N3O2/c1-4-9-21-10-8-15-14(12-21)18(20-19-15)13-6-7-16(23-5-2)17(11-13)22-3/h6-7,11H,4-5,8-10,12H2,1-3H3,(H,19,20). The van der Waals surface area contributed by atoms with Gasteiger partial charge in [-0.1, -0.05) is 6.92 Å². The summed E-state index contributed by atoms with van der Waals surface area (Å²) in [6, 6.07) is 6.04.